The van der Waals surface area contributed by atoms with Gasteiger partial charge in [-0.1, -0.05) is 0 Å². The number of hydrogen-bond donors (Lipinski definition) is 0. The highest BCUT2D eigenvalue weighted by Crippen LogP contribution is 2.03. The van der Waals surface area contributed by atoms with Gasteiger partial charge < -0.3 is 0 Å². The second-order valence-electron chi connectivity index (χ2n) is 1.87. The first-order chi connectivity index (χ1) is 4.84. The Morgan fingerprint density at radius 2 is 2.27 bits per heavy atom. The summed E-state index contributed by atoms with van der Waals surface area (Å²) in [5.74, 6) is 0.136. The maximum absolute atomic E-state index is 12.7. The van der Waals surface area contributed by atoms with Gasteiger partial charge in [-0.3, -0.25) is 4.98 Å². The van der Waals surface area contributed by atoms with E-state index in [4.69, 9.17) is 11.6 Å². The maximum Gasteiger partial charge on any atom is 0.144 e. The van der Waals surface area contributed by atoms with E-state index in [1.165, 1.54) is 6.07 Å². The van der Waals surface area contributed by atoms with Crippen molar-refractivity contribution in [3.05, 3.63) is 29.8 Å². The van der Waals surface area contributed by atoms with Crippen LogP contribution in [-0.2, 0) is 6.42 Å². The van der Waals surface area contributed by atoms with Gasteiger partial charge in [0.15, 0.2) is 0 Å². The Morgan fingerprint density at radius 1 is 1.55 bits per heavy atom. The van der Waals surface area contributed by atoms with Crippen molar-refractivity contribution in [1.29, 1.82) is 0 Å². The third-order valence-corrected chi connectivity index (χ3v) is 1.35. The van der Waals surface area contributed by atoms with Crippen LogP contribution in [0.1, 0.15) is 5.69 Å². The second-order valence-corrected chi connectivity index (χ2v) is 2.25. The van der Waals surface area contributed by atoms with Crippen LogP contribution in [0.3, 0.4) is 0 Å². The lowest BCUT2D eigenvalue weighted by Gasteiger charge is -1.95. The average Bonchev–Trinajstić information content (AvgIpc) is 1.94. The minimum Gasteiger partial charge on any atom is -0.258 e. The van der Waals surface area contributed by atoms with E-state index >= 15 is 0 Å². The van der Waals surface area contributed by atoms with Gasteiger partial charge in [0.1, 0.15) is 5.82 Å². The fourth-order valence-electron chi connectivity index (χ4n) is 0.692. The van der Waals surface area contributed by atoms with Gasteiger partial charge in [-0.05, 0) is 12.1 Å². The number of halogens is 3. The summed E-state index contributed by atoms with van der Waals surface area (Å²) in [6.07, 6.45) is 2.05. The zero-order valence-corrected chi connectivity index (χ0v) is 7.33. The zero-order valence-electron chi connectivity index (χ0n) is 5.76. The van der Waals surface area contributed by atoms with Crippen molar-refractivity contribution in [2.45, 2.75) is 6.42 Å². The van der Waals surface area contributed by atoms with Crippen molar-refractivity contribution in [3.63, 3.8) is 0 Å². The summed E-state index contributed by atoms with van der Waals surface area (Å²) >= 11 is 5.40. The smallest absolute Gasteiger partial charge is 0.144 e. The summed E-state index contributed by atoms with van der Waals surface area (Å²) in [6, 6.07) is 2.95. The number of pyridine rings is 1. The molecule has 0 radical (unpaired) electrons. The lowest BCUT2D eigenvalue weighted by Crippen LogP contribution is -1.94. The molecule has 0 aromatic carbocycles. The minimum atomic E-state index is -0.275. The Bertz CT molecular complexity index is 217. The molecule has 0 spiro atoms. The Kier molecular flexibility index (Phi) is 5.16. The summed E-state index contributed by atoms with van der Waals surface area (Å²) in [6.45, 7) is 0. The van der Waals surface area contributed by atoms with E-state index in [2.05, 4.69) is 4.98 Å². The van der Waals surface area contributed by atoms with Crippen molar-refractivity contribution >= 4 is 24.0 Å². The molecule has 4 heteroatoms. The van der Waals surface area contributed by atoms with Gasteiger partial charge in [-0.15, -0.1) is 24.0 Å². The number of hydrogen-bond acceptors (Lipinski definition) is 1. The van der Waals surface area contributed by atoms with Crippen LogP contribution in [0.5, 0.6) is 0 Å². The summed E-state index contributed by atoms with van der Waals surface area (Å²) in [5.41, 5.74) is 0.442. The van der Waals surface area contributed by atoms with E-state index in [1.807, 2.05) is 0 Å². The van der Waals surface area contributed by atoms with Crippen LogP contribution in [0.15, 0.2) is 18.3 Å². The van der Waals surface area contributed by atoms with Crippen LogP contribution in [0, 0.1) is 5.82 Å². The van der Waals surface area contributed by atoms with Crippen molar-refractivity contribution in [1.82, 2.24) is 4.98 Å². The van der Waals surface area contributed by atoms with E-state index in [0.29, 0.717) is 18.0 Å². The monoisotopic (exact) mass is 195 g/mol. The summed E-state index contributed by atoms with van der Waals surface area (Å²) in [4.78, 5) is 3.81. The number of rotatable bonds is 2. The third kappa shape index (κ3) is 3.04. The highest BCUT2D eigenvalue weighted by atomic mass is 35.5. The standard InChI is InChI=1S/C7H7ClFN.ClH/c8-4-3-7-6(9)2-1-5-10-7;/h1-2,5H,3-4H2;1H. The summed E-state index contributed by atoms with van der Waals surface area (Å²) < 4.78 is 12.7. The largest absolute Gasteiger partial charge is 0.258 e. The molecular weight excluding hydrogens is 188 g/mol. The van der Waals surface area contributed by atoms with Crippen LogP contribution < -0.4 is 0 Å². The van der Waals surface area contributed by atoms with E-state index in [0.717, 1.165) is 0 Å². The molecule has 1 aromatic rings. The van der Waals surface area contributed by atoms with Gasteiger partial charge in [-0.2, -0.15) is 0 Å². The van der Waals surface area contributed by atoms with Gasteiger partial charge in [0.2, 0.25) is 0 Å². The van der Waals surface area contributed by atoms with E-state index in [9.17, 15) is 4.39 Å². The van der Waals surface area contributed by atoms with Crippen LogP contribution in [0.25, 0.3) is 0 Å². The minimum absolute atomic E-state index is 0. The molecule has 0 aliphatic heterocycles. The van der Waals surface area contributed by atoms with Gasteiger partial charge >= 0.3 is 0 Å². The predicted octanol–water partition coefficient (Wildman–Crippen LogP) is 2.42. The molecule has 0 atom stereocenters. The molecule has 1 heterocycles. The van der Waals surface area contributed by atoms with Gasteiger partial charge in [-0.25, -0.2) is 4.39 Å². The van der Waals surface area contributed by atoms with E-state index < -0.39 is 0 Å². The number of alkyl halides is 1. The van der Waals surface area contributed by atoms with Crippen LogP contribution in [0.4, 0.5) is 4.39 Å². The molecule has 0 N–H and O–H groups in total. The molecule has 1 rings (SSSR count). The molecule has 0 aliphatic rings. The number of aryl methyl sites for hydroxylation is 1. The first kappa shape index (κ1) is 10.7. The summed E-state index contributed by atoms with van der Waals surface area (Å²) in [5, 5.41) is 0. The van der Waals surface area contributed by atoms with E-state index in [1.54, 1.807) is 12.3 Å². The molecule has 0 fully saturated rings. The molecule has 0 saturated carbocycles. The molecule has 0 aliphatic carbocycles. The third-order valence-electron chi connectivity index (χ3n) is 1.17. The lowest BCUT2D eigenvalue weighted by molar-refractivity contribution is 0.602. The fourth-order valence-corrected chi connectivity index (χ4v) is 0.871. The molecular formula is C7H8Cl2FN. The molecule has 0 saturated heterocycles. The molecule has 62 valence electrons. The molecule has 0 unspecified atom stereocenters. The van der Waals surface area contributed by atoms with Gasteiger partial charge in [0.05, 0.1) is 5.69 Å². The van der Waals surface area contributed by atoms with Gasteiger partial charge in [0, 0.05) is 18.5 Å². The van der Waals surface area contributed by atoms with Crippen LogP contribution in [0.2, 0.25) is 0 Å². The summed E-state index contributed by atoms with van der Waals surface area (Å²) in [7, 11) is 0. The van der Waals surface area contributed by atoms with Crippen molar-refractivity contribution in [3.8, 4) is 0 Å². The predicted molar refractivity (Wildman–Crippen MR) is 45.9 cm³/mol. The Balaban J connectivity index is 0.000001000. The Hall–Kier alpha value is -0.340. The Labute approximate surface area is 76.0 Å². The van der Waals surface area contributed by atoms with Crippen molar-refractivity contribution < 1.29 is 4.39 Å². The second kappa shape index (κ2) is 5.33. The first-order valence-electron chi connectivity index (χ1n) is 3.00. The molecule has 1 aromatic heterocycles. The van der Waals surface area contributed by atoms with E-state index in [-0.39, 0.29) is 18.2 Å². The fraction of sp³-hybridized carbons (Fsp3) is 0.286. The van der Waals surface area contributed by atoms with Crippen LogP contribution >= 0.6 is 24.0 Å². The van der Waals surface area contributed by atoms with Crippen molar-refractivity contribution in [2.24, 2.45) is 0 Å². The highest BCUT2D eigenvalue weighted by Gasteiger charge is 1.98. The molecule has 0 amide bonds. The highest BCUT2D eigenvalue weighted by molar-refractivity contribution is 6.17. The maximum atomic E-state index is 12.7. The lowest BCUT2D eigenvalue weighted by atomic mass is 10.3. The Morgan fingerprint density at radius 3 is 2.82 bits per heavy atom. The normalized spacial score (nSPS) is 8.91. The van der Waals surface area contributed by atoms with Gasteiger partial charge in [0.25, 0.3) is 0 Å². The molecule has 11 heavy (non-hydrogen) atoms. The average molecular weight is 196 g/mol. The quantitative estimate of drug-likeness (QED) is 0.662. The SMILES string of the molecule is Cl.Fc1cccnc1CCCl. The number of aromatic nitrogens is 1. The first-order valence-corrected chi connectivity index (χ1v) is 3.53. The topological polar surface area (TPSA) is 12.9 Å². The molecule has 1 nitrogen and oxygen atoms in total. The number of nitrogens with zero attached hydrogens (tertiary/aromatic N) is 1. The van der Waals surface area contributed by atoms with Crippen molar-refractivity contribution in [2.75, 3.05) is 5.88 Å². The molecule has 0 bridgehead atoms. The zero-order chi connectivity index (χ0) is 7.40. The van der Waals surface area contributed by atoms with Crippen LogP contribution in [-0.4, -0.2) is 10.9 Å².